The van der Waals surface area contributed by atoms with Gasteiger partial charge in [0, 0.05) is 24.7 Å². The van der Waals surface area contributed by atoms with E-state index in [4.69, 9.17) is 10.2 Å². The van der Waals surface area contributed by atoms with E-state index in [0.717, 1.165) is 18.5 Å². The van der Waals surface area contributed by atoms with E-state index < -0.39 is 5.91 Å². The van der Waals surface area contributed by atoms with Crippen LogP contribution in [0.5, 0.6) is 0 Å². The number of benzene rings is 1. The van der Waals surface area contributed by atoms with Crippen LogP contribution >= 0.6 is 0 Å². The highest BCUT2D eigenvalue weighted by atomic mass is 16.4. The van der Waals surface area contributed by atoms with Crippen molar-refractivity contribution in [2.75, 3.05) is 18.4 Å². The van der Waals surface area contributed by atoms with E-state index in [-0.39, 0.29) is 23.2 Å². The second kappa shape index (κ2) is 7.34. The largest absolute Gasteiger partial charge is 0.430 e. The lowest BCUT2D eigenvalue weighted by atomic mass is 9.91. The molecule has 4 rings (SSSR count). The molecule has 1 saturated heterocycles. The van der Waals surface area contributed by atoms with Gasteiger partial charge in [0.15, 0.2) is 0 Å². The highest BCUT2D eigenvalue weighted by molar-refractivity contribution is 6.09. The molecule has 0 bridgehead atoms. The van der Waals surface area contributed by atoms with Crippen molar-refractivity contribution >= 4 is 28.7 Å². The third kappa shape index (κ3) is 3.43. The Hall–Kier alpha value is -3.35. The summed E-state index contributed by atoms with van der Waals surface area (Å²) in [4.78, 5) is 30.8. The van der Waals surface area contributed by atoms with E-state index in [1.54, 1.807) is 17.0 Å². The summed E-state index contributed by atoms with van der Waals surface area (Å²) < 4.78 is 5.50. The average Bonchev–Trinajstić information content (AvgIpc) is 3.06. The SMILES string of the molecule is Cc1ccc2c(NC(=O)N3CCCC(c4ccccc4)C3)c(C(N)=O)oc2n1. The Morgan fingerprint density at radius 3 is 2.75 bits per heavy atom. The second-order valence-electron chi connectivity index (χ2n) is 7.10. The average molecular weight is 378 g/mol. The number of primary amides is 1. The number of likely N-dealkylation sites (tertiary alicyclic amines) is 1. The van der Waals surface area contributed by atoms with Crippen LogP contribution in [-0.4, -0.2) is 34.9 Å². The van der Waals surface area contributed by atoms with Crippen molar-refractivity contribution in [3.8, 4) is 0 Å². The molecule has 3 aromatic rings. The molecular formula is C21H22N4O3. The Morgan fingerprint density at radius 2 is 2.00 bits per heavy atom. The van der Waals surface area contributed by atoms with Crippen LogP contribution in [0.3, 0.4) is 0 Å². The standard InChI is InChI=1S/C21H22N4O3/c1-13-9-10-16-17(18(19(22)26)28-20(16)23-13)24-21(27)25-11-5-8-15(12-25)14-6-3-2-4-7-14/h2-4,6-7,9-10,15H,5,8,11-12H2,1H3,(H2,22,26)(H,24,27). The Balaban J connectivity index is 1.58. The number of fused-ring (bicyclic) bond motifs is 1. The number of nitrogens with one attached hydrogen (secondary N) is 1. The first kappa shape index (κ1) is 18.0. The first-order chi connectivity index (χ1) is 13.5. The molecule has 3 heterocycles. The third-order valence-corrected chi connectivity index (χ3v) is 5.13. The molecule has 7 heteroatoms. The van der Waals surface area contributed by atoms with E-state index in [1.165, 1.54) is 5.56 Å². The number of urea groups is 1. The first-order valence-electron chi connectivity index (χ1n) is 9.33. The number of aryl methyl sites for hydroxylation is 1. The van der Waals surface area contributed by atoms with E-state index in [9.17, 15) is 9.59 Å². The fourth-order valence-electron chi connectivity index (χ4n) is 3.71. The van der Waals surface area contributed by atoms with Gasteiger partial charge in [-0.2, -0.15) is 0 Å². The van der Waals surface area contributed by atoms with Crippen LogP contribution < -0.4 is 11.1 Å². The molecular weight excluding hydrogens is 356 g/mol. The van der Waals surface area contributed by atoms with Gasteiger partial charge in [-0.15, -0.1) is 0 Å². The zero-order valence-electron chi connectivity index (χ0n) is 15.6. The lowest BCUT2D eigenvalue weighted by Crippen LogP contribution is -2.41. The van der Waals surface area contributed by atoms with Crippen LogP contribution in [0.15, 0.2) is 46.9 Å². The van der Waals surface area contributed by atoms with Crippen LogP contribution in [-0.2, 0) is 0 Å². The molecule has 3 amide bonds. The van der Waals surface area contributed by atoms with Crippen LogP contribution in [0.1, 0.15) is 40.6 Å². The fraction of sp³-hybridized carbons (Fsp3) is 0.286. The number of rotatable bonds is 3. The number of hydrogen-bond acceptors (Lipinski definition) is 4. The molecule has 2 aromatic heterocycles. The number of piperidine rings is 1. The lowest BCUT2D eigenvalue weighted by molar-refractivity contribution is 0.0977. The van der Waals surface area contributed by atoms with Crippen molar-refractivity contribution in [3.05, 3.63) is 59.5 Å². The van der Waals surface area contributed by atoms with Crippen LogP contribution in [0.2, 0.25) is 0 Å². The van der Waals surface area contributed by atoms with Gasteiger partial charge < -0.3 is 20.4 Å². The summed E-state index contributed by atoms with van der Waals surface area (Å²) in [5, 5.41) is 3.39. The van der Waals surface area contributed by atoms with Crippen molar-refractivity contribution in [1.82, 2.24) is 9.88 Å². The molecule has 1 aliphatic heterocycles. The van der Waals surface area contributed by atoms with E-state index >= 15 is 0 Å². The quantitative estimate of drug-likeness (QED) is 0.726. The predicted molar refractivity (Wildman–Crippen MR) is 106 cm³/mol. The van der Waals surface area contributed by atoms with Gasteiger partial charge in [0.05, 0.1) is 5.39 Å². The number of anilines is 1. The minimum absolute atomic E-state index is 0.0851. The molecule has 1 aromatic carbocycles. The highest BCUT2D eigenvalue weighted by Crippen LogP contribution is 2.31. The molecule has 0 radical (unpaired) electrons. The molecule has 144 valence electrons. The summed E-state index contributed by atoms with van der Waals surface area (Å²) >= 11 is 0. The summed E-state index contributed by atoms with van der Waals surface area (Å²) in [6, 6.07) is 13.5. The molecule has 1 atom stereocenters. The number of carbonyl (C=O) groups excluding carboxylic acids is 2. The zero-order chi connectivity index (χ0) is 19.7. The first-order valence-corrected chi connectivity index (χ1v) is 9.33. The van der Waals surface area contributed by atoms with Crippen LogP contribution in [0.4, 0.5) is 10.5 Å². The van der Waals surface area contributed by atoms with Crippen molar-refractivity contribution < 1.29 is 14.0 Å². The van der Waals surface area contributed by atoms with Crippen molar-refractivity contribution in [2.45, 2.75) is 25.7 Å². The number of furan rings is 1. The number of amides is 3. The molecule has 1 unspecified atom stereocenters. The summed E-state index contributed by atoms with van der Waals surface area (Å²) in [5.41, 5.74) is 7.98. The van der Waals surface area contributed by atoms with Gasteiger partial charge >= 0.3 is 6.03 Å². The van der Waals surface area contributed by atoms with Gasteiger partial charge in [-0.3, -0.25) is 4.79 Å². The van der Waals surface area contributed by atoms with Gasteiger partial charge in [0.25, 0.3) is 5.91 Å². The van der Waals surface area contributed by atoms with Crippen molar-refractivity contribution in [1.29, 1.82) is 0 Å². The number of pyridine rings is 1. The normalized spacial score (nSPS) is 16.9. The summed E-state index contributed by atoms with van der Waals surface area (Å²) in [7, 11) is 0. The number of nitrogens with zero attached hydrogens (tertiary/aromatic N) is 2. The van der Waals surface area contributed by atoms with Crippen LogP contribution in [0.25, 0.3) is 11.1 Å². The third-order valence-electron chi connectivity index (χ3n) is 5.13. The molecule has 28 heavy (non-hydrogen) atoms. The fourth-order valence-corrected chi connectivity index (χ4v) is 3.71. The molecule has 3 N–H and O–H groups in total. The number of nitrogens with two attached hydrogens (primary N) is 1. The summed E-state index contributed by atoms with van der Waals surface area (Å²) in [6.07, 6.45) is 1.96. The van der Waals surface area contributed by atoms with E-state index in [1.807, 2.05) is 25.1 Å². The minimum atomic E-state index is -0.744. The summed E-state index contributed by atoms with van der Waals surface area (Å²) in [6.45, 7) is 3.10. The minimum Gasteiger partial charge on any atom is -0.430 e. The van der Waals surface area contributed by atoms with E-state index in [2.05, 4.69) is 22.4 Å². The van der Waals surface area contributed by atoms with Gasteiger partial charge in [-0.1, -0.05) is 30.3 Å². The van der Waals surface area contributed by atoms with E-state index in [0.29, 0.717) is 24.4 Å². The molecule has 0 saturated carbocycles. The highest BCUT2D eigenvalue weighted by Gasteiger charge is 2.27. The van der Waals surface area contributed by atoms with Crippen molar-refractivity contribution in [3.63, 3.8) is 0 Å². The van der Waals surface area contributed by atoms with Crippen molar-refractivity contribution in [2.24, 2.45) is 5.73 Å². The molecule has 0 aliphatic carbocycles. The zero-order valence-corrected chi connectivity index (χ0v) is 15.6. The van der Waals surface area contributed by atoms with Gasteiger partial charge in [0.2, 0.25) is 11.5 Å². The summed E-state index contributed by atoms with van der Waals surface area (Å²) in [5.74, 6) is -0.536. The number of aromatic nitrogens is 1. The number of carbonyl (C=O) groups is 2. The van der Waals surface area contributed by atoms with Gasteiger partial charge in [-0.25, -0.2) is 9.78 Å². The molecule has 1 fully saturated rings. The maximum atomic E-state index is 12.9. The van der Waals surface area contributed by atoms with Gasteiger partial charge in [-0.05, 0) is 37.5 Å². The maximum Gasteiger partial charge on any atom is 0.321 e. The Bertz CT molecular complexity index is 1030. The maximum absolute atomic E-state index is 12.9. The lowest BCUT2D eigenvalue weighted by Gasteiger charge is -2.33. The smallest absolute Gasteiger partial charge is 0.321 e. The molecule has 7 nitrogen and oxygen atoms in total. The number of hydrogen-bond donors (Lipinski definition) is 2. The topological polar surface area (TPSA) is 101 Å². The van der Waals surface area contributed by atoms with Crippen LogP contribution in [0, 0.1) is 6.92 Å². The predicted octanol–water partition coefficient (Wildman–Crippen LogP) is 3.65. The Morgan fingerprint density at radius 1 is 1.21 bits per heavy atom. The Kier molecular flexibility index (Phi) is 4.73. The van der Waals surface area contributed by atoms with Gasteiger partial charge in [0.1, 0.15) is 5.69 Å². The monoisotopic (exact) mass is 378 g/mol. The second-order valence-corrected chi connectivity index (χ2v) is 7.10. The molecule has 1 aliphatic rings. The Labute approximate surface area is 162 Å². The molecule has 0 spiro atoms.